The van der Waals surface area contributed by atoms with Crippen molar-refractivity contribution in [2.24, 2.45) is 11.8 Å². The molecule has 1 saturated carbocycles. The van der Waals surface area contributed by atoms with Gasteiger partial charge in [0.15, 0.2) is 0 Å². The highest BCUT2D eigenvalue weighted by Gasteiger charge is 2.62. The first kappa shape index (κ1) is 31.9. The minimum Gasteiger partial charge on any atom is -0.310 e. The van der Waals surface area contributed by atoms with Crippen LogP contribution in [0.25, 0.3) is 21.9 Å². The van der Waals surface area contributed by atoms with Gasteiger partial charge in [0, 0.05) is 27.9 Å². The Morgan fingerprint density at radius 2 is 0.929 bits per heavy atom. The molecule has 0 heterocycles. The number of para-hydroxylation sites is 2. The van der Waals surface area contributed by atoms with Gasteiger partial charge >= 0.3 is 0 Å². The van der Waals surface area contributed by atoms with Crippen LogP contribution < -0.4 is 9.80 Å². The summed E-state index contributed by atoms with van der Waals surface area (Å²) in [5.74, 6) is 1.09. The second kappa shape index (κ2) is 12.3. The standard InChI is InChI=1S/C54H42N2/c1-3-19-43(20-4-1)55(45-30-31-47-40(35-45)32-37-15-8-9-23-46(37)47)50-26-12-17-38-33-41-28-29-42-34-39-18-13-27-51(53(39)54(41,42)52(38)50)56(44-21-5-2-6-22-44)49-25-11-16-36-14-7-10-24-48(36)49/h1-27,30-31,35,41-42H,28-29,32-34H2. The van der Waals surface area contributed by atoms with Crippen molar-refractivity contribution in [1.82, 2.24) is 0 Å². The molecule has 2 heteroatoms. The molecule has 3 unspecified atom stereocenters. The molecule has 12 rings (SSSR count). The Kier molecular flexibility index (Phi) is 7.02. The summed E-state index contributed by atoms with van der Waals surface area (Å²) in [6.45, 7) is 0. The number of nitrogens with zero attached hydrogens (tertiary/aromatic N) is 2. The van der Waals surface area contributed by atoms with Crippen molar-refractivity contribution in [3.63, 3.8) is 0 Å². The predicted molar refractivity (Wildman–Crippen MR) is 232 cm³/mol. The molecule has 0 saturated heterocycles. The van der Waals surface area contributed by atoms with E-state index in [1.165, 1.54) is 91.1 Å². The third-order valence-corrected chi connectivity index (χ3v) is 13.7. The lowest BCUT2D eigenvalue weighted by Crippen LogP contribution is -2.34. The zero-order valence-electron chi connectivity index (χ0n) is 31.4. The van der Waals surface area contributed by atoms with Gasteiger partial charge in [-0.3, -0.25) is 0 Å². The van der Waals surface area contributed by atoms with Gasteiger partial charge in [-0.2, -0.15) is 0 Å². The Morgan fingerprint density at radius 1 is 0.393 bits per heavy atom. The average Bonchev–Trinajstić information content (AvgIpc) is 3.98. The molecule has 1 fully saturated rings. The normalized spacial score (nSPS) is 19.5. The van der Waals surface area contributed by atoms with Crippen LogP contribution in [0.3, 0.4) is 0 Å². The SMILES string of the molecule is c1ccc(N(c2ccc3c(c2)Cc2ccccc2-3)c2cccc3c2C24c5c(cccc5N(c5ccccc5)c5cccc6ccccc56)CC2CCC4C3)cc1. The molecule has 0 aromatic heterocycles. The van der Waals surface area contributed by atoms with Crippen molar-refractivity contribution in [3.8, 4) is 11.1 Å². The first-order valence-electron chi connectivity index (χ1n) is 20.4. The lowest BCUT2D eigenvalue weighted by Gasteiger charge is -2.40. The first-order valence-corrected chi connectivity index (χ1v) is 20.4. The number of hydrogen-bond acceptors (Lipinski definition) is 2. The fraction of sp³-hybridized carbons (Fsp3) is 0.148. The monoisotopic (exact) mass is 718 g/mol. The van der Waals surface area contributed by atoms with Gasteiger partial charge in [0.05, 0.1) is 17.1 Å². The largest absolute Gasteiger partial charge is 0.310 e. The highest BCUT2D eigenvalue weighted by atomic mass is 15.2. The molecule has 8 aromatic rings. The van der Waals surface area contributed by atoms with Crippen LogP contribution in [0, 0.1) is 11.8 Å². The second-order valence-corrected chi connectivity index (χ2v) is 16.4. The quantitative estimate of drug-likeness (QED) is 0.169. The molecule has 56 heavy (non-hydrogen) atoms. The van der Waals surface area contributed by atoms with Gasteiger partial charge in [-0.15, -0.1) is 0 Å². The van der Waals surface area contributed by atoms with Gasteiger partial charge in [0.2, 0.25) is 0 Å². The zero-order chi connectivity index (χ0) is 36.8. The van der Waals surface area contributed by atoms with Gasteiger partial charge in [-0.1, -0.05) is 127 Å². The highest BCUT2D eigenvalue weighted by molar-refractivity contribution is 6.00. The zero-order valence-corrected chi connectivity index (χ0v) is 31.4. The number of benzene rings is 8. The Hall–Kier alpha value is -6.38. The smallest absolute Gasteiger partial charge is 0.0540 e. The molecule has 1 spiro atoms. The Balaban J connectivity index is 1.10. The van der Waals surface area contributed by atoms with E-state index in [1.54, 1.807) is 11.1 Å². The van der Waals surface area contributed by atoms with Crippen molar-refractivity contribution < 1.29 is 0 Å². The molecule has 0 bridgehead atoms. The Morgan fingerprint density at radius 3 is 1.66 bits per heavy atom. The molecule has 0 aliphatic heterocycles. The minimum atomic E-state index is -0.102. The number of rotatable bonds is 6. The maximum atomic E-state index is 2.59. The predicted octanol–water partition coefficient (Wildman–Crippen LogP) is 13.8. The molecule has 4 aliphatic rings. The fourth-order valence-corrected chi connectivity index (χ4v) is 11.7. The van der Waals surface area contributed by atoms with Crippen molar-refractivity contribution in [1.29, 1.82) is 0 Å². The van der Waals surface area contributed by atoms with E-state index >= 15 is 0 Å². The lowest BCUT2D eigenvalue weighted by molar-refractivity contribution is 0.350. The van der Waals surface area contributed by atoms with Crippen molar-refractivity contribution in [3.05, 3.63) is 215 Å². The van der Waals surface area contributed by atoms with Crippen molar-refractivity contribution >= 4 is 44.9 Å². The van der Waals surface area contributed by atoms with E-state index < -0.39 is 0 Å². The summed E-state index contributed by atoms with van der Waals surface area (Å²) in [4.78, 5) is 5.18. The van der Waals surface area contributed by atoms with Gasteiger partial charge in [-0.05, 0) is 148 Å². The highest BCUT2D eigenvalue weighted by Crippen LogP contribution is 2.69. The number of anilines is 6. The second-order valence-electron chi connectivity index (χ2n) is 16.4. The summed E-state index contributed by atoms with van der Waals surface area (Å²) in [7, 11) is 0. The molecule has 3 atom stereocenters. The molecule has 8 aromatic carbocycles. The molecule has 4 aliphatic carbocycles. The van der Waals surface area contributed by atoms with Crippen molar-refractivity contribution in [2.45, 2.75) is 37.5 Å². The summed E-state index contributed by atoms with van der Waals surface area (Å²) < 4.78 is 0. The van der Waals surface area contributed by atoms with Crippen LogP contribution in [-0.4, -0.2) is 0 Å². The van der Waals surface area contributed by atoms with Crippen LogP contribution in [0.5, 0.6) is 0 Å². The molecule has 0 amide bonds. The lowest BCUT2D eigenvalue weighted by atomic mass is 9.68. The first-order chi connectivity index (χ1) is 27.8. The summed E-state index contributed by atoms with van der Waals surface area (Å²) in [6, 6.07) is 68.4. The third kappa shape index (κ3) is 4.50. The Labute approximate surface area is 329 Å². The summed E-state index contributed by atoms with van der Waals surface area (Å²) >= 11 is 0. The maximum Gasteiger partial charge on any atom is 0.0540 e. The van der Waals surface area contributed by atoms with Gasteiger partial charge in [0.25, 0.3) is 0 Å². The van der Waals surface area contributed by atoms with E-state index in [0.29, 0.717) is 11.8 Å². The summed E-state index contributed by atoms with van der Waals surface area (Å²) in [6.07, 6.45) is 5.73. The van der Waals surface area contributed by atoms with E-state index in [2.05, 4.69) is 192 Å². The van der Waals surface area contributed by atoms with E-state index in [4.69, 9.17) is 0 Å². The van der Waals surface area contributed by atoms with E-state index in [0.717, 1.165) is 19.3 Å². The Bertz CT molecular complexity index is 2810. The molecule has 268 valence electrons. The molecule has 0 N–H and O–H groups in total. The molecular weight excluding hydrogens is 677 g/mol. The van der Waals surface area contributed by atoms with E-state index in [1.807, 2.05) is 0 Å². The minimum absolute atomic E-state index is 0.102. The van der Waals surface area contributed by atoms with Crippen LogP contribution in [0.4, 0.5) is 34.1 Å². The molecule has 0 radical (unpaired) electrons. The van der Waals surface area contributed by atoms with Crippen LogP contribution in [0.2, 0.25) is 0 Å². The van der Waals surface area contributed by atoms with Crippen LogP contribution >= 0.6 is 0 Å². The van der Waals surface area contributed by atoms with Gasteiger partial charge in [-0.25, -0.2) is 0 Å². The third-order valence-electron chi connectivity index (χ3n) is 13.7. The molecular formula is C54H42N2. The van der Waals surface area contributed by atoms with Crippen molar-refractivity contribution in [2.75, 3.05) is 9.80 Å². The number of fused-ring (bicyclic) bond motifs is 6. The van der Waals surface area contributed by atoms with Gasteiger partial charge in [0.1, 0.15) is 0 Å². The average molecular weight is 719 g/mol. The number of hydrogen-bond donors (Lipinski definition) is 0. The topological polar surface area (TPSA) is 6.48 Å². The van der Waals surface area contributed by atoms with Crippen LogP contribution in [0.1, 0.15) is 46.2 Å². The van der Waals surface area contributed by atoms with E-state index in [9.17, 15) is 0 Å². The van der Waals surface area contributed by atoms with Crippen LogP contribution in [-0.2, 0) is 24.7 Å². The molecule has 2 nitrogen and oxygen atoms in total. The summed E-state index contributed by atoms with van der Waals surface area (Å²) in [5, 5.41) is 2.53. The maximum absolute atomic E-state index is 2.59. The van der Waals surface area contributed by atoms with Gasteiger partial charge < -0.3 is 9.80 Å². The van der Waals surface area contributed by atoms with Crippen LogP contribution in [0.15, 0.2) is 182 Å². The van der Waals surface area contributed by atoms with E-state index in [-0.39, 0.29) is 5.41 Å². The summed E-state index contributed by atoms with van der Waals surface area (Å²) in [5.41, 5.74) is 19.1. The fourth-order valence-electron chi connectivity index (χ4n) is 11.7.